The fraction of sp³-hybridized carbons (Fsp3) is 0. The van der Waals surface area contributed by atoms with Gasteiger partial charge in [0.25, 0.3) is 0 Å². The van der Waals surface area contributed by atoms with Gasteiger partial charge in [-0.3, -0.25) is 0 Å². The Balaban J connectivity index is 1.18. The largest absolute Gasteiger partial charge is 0.455 e. The molecule has 0 aliphatic rings. The van der Waals surface area contributed by atoms with Crippen molar-refractivity contribution in [1.82, 2.24) is 0 Å². The minimum Gasteiger partial charge on any atom is -0.455 e. The van der Waals surface area contributed by atoms with Crippen LogP contribution in [0, 0.1) is 0 Å². The van der Waals surface area contributed by atoms with Gasteiger partial charge in [0.2, 0.25) is 0 Å². The summed E-state index contributed by atoms with van der Waals surface area (Å²) < 4.78 is 50.0. The second-order valence-corrected chi connectivity index (χ2v) is 13.5. The average molecular weight is 678 g/mol. The maximum Gasteiger partial charge on any atom is 0.143 e. The van der Waals surface area contributed by atoms with Crippen molar-refractivity contribution in [1.29, 1.82) is 0 Å². The summed E-state index contributed by atoms with van der Waals surface area (Å²) in [6.45, 7) is 0. The van der Waals surface area contributed by atoms with E-state index in [9.17, 15) is 0 Å². The van der Waals surface area contributed by atoms with Crippen molar-refractivity contribution in [3.8, 4) is 44.5 Å². The summed E-state index contributed by atoms with van der Waals surface area (Å²) in [7, 11) is 0. The molecule has 0 atom stereocenters. The van der Waals surface area contributed by atoms with E-state index in [2.05, 4.69) is 115 Å². The average Bonchev–Trinajstić information content (AvgIpc) is 3.65. The number of benzene rings is 10. The molecule has 0 radical (unpaired) electrons. The van der Waals surface area contributed by atoms with Gasteiger partial charge in [-0.25, -0.2) is 0 Å². The highest BCUT2D eigenvalue weighted by molar-refractivity contribution is 6.25. The lowest BCUT2D eigenvalue weighted by atomic mass is 9.85. The topological polar surface area (TPSA) is 13.1 Å². The van der Waals surface area contributed by atoms with Gasteiger partial charge in [0, 0.05) is 21.9 Å². The van der Waals surface area contributed by atoms with E-state index in [1.165, 1.54) is 38.2 Å². The molecule has 1 heteroatoms. The number of hydrogen-bond donors (Lipinski definition) is 0. The van der Waals surface area contributed by atoms with Crippen molar-refractivity contribution < 1.29 is 11.3 Å². The van der Waals surface area contributed by atoms with Crippen LogP contribution in [0.2, 0.25) is 0 Å². The second kappa shape index (κ2) is 11.8. The molecule has 246 valence electrons. The van der Waals surface area contributed by atoms with Gasteiger partial charge < -0.3 is 4.42 Å². The van der Waals surface area contributed by atoms with Crippen LogP contribution < -0.4 is 0 Å². The van der Waals surface area contributed by atoms with Crippen LogP contribution in [0.4, 0.5) is 0 Å². The fourth-order valence-corrected chi connectivity index (χ4v) is 8.57. The molecule has 0 N–H and O–H groups in total. The van der Waals surface area contributed by atoms with E-state index in [1.807, 2.05) is 48.5 Å². The second-order valence-electron chi connectivity index (χ2n) is 13.5. The van der Waals surface area contributed by atoms with Gasteiger partial charge in [-0.2, -0.15) is 0 Å². The molecule has 0 aliphatic carbocycles. The number of para-hydroxylation sites is 1. The summed E-state index contributed by atoms with van der Waals surface area (Å²) in [6, 6.07) is 55.1. The first-order valence-electron chi connectivity index (χ1n) is 20.4. The molecule has 0 fully saturated rings. The summed E-state index contributed by atoms with van der Waals surface area (Å²) in [4.78, 5) is 0. The molecule has 10 aromatic carbocycles. The first-order valence-corrected chi connectivity index (χ1v) is 17.9. The molecule has 1 heterocycles. The molecular weight excluding hydrogens is 641 g/mol. The third kappa shape index (κ3) is 4.51. The van der Waals surface area contributed by atoms with Crippen molar-refractivity contribution >= 4 is 65.0 Å². The molecule has 0 saturated heterocycles. The Morgan fingerprint density at radius 2 is 0.774 bits per heavy atom. The van der Waals surface area contributed by atoms with Gasteiger partial charge in [0.05, 0.1) is 6.85 Å². The fourth-order valence-electron chi connectivity index (χ4n) is 8.57. The van der Waals surface area contributed by atoms with Gasteiger partial charge in [-0.15, -0.1) is 0 Å². The molecule has 0 bridgehead atoms. The Labute approximate surface area is 314 Å². The highest BCUT2D eigenvalue weighted by Crippen LogP contribution is 2.48. The van der Waals surface area contributed by atoms with Crippen molar-refractivity contribution in [2.75, 3.05) is 0 Å². The van der Waals surface area contributed by atoms with Crippen molar-refractivity contribution in [3.63, 3.8) is 0 Å². The van der Waals surface area contributed by atoms with E-state index in [0.29, 0.717) is 5.56 Å². The molecule has 1 aromatic heterocycles. The molecular formula is C52H32O. The van der Waals surface area contributed by atoms with Crippen LogP contribution in [0.15, 0.2) is 198 Å². The van der Waals surface area contributed by atoms with Crippen LogP contribution in [0.25, 0.3) is 110 Å². The van der Waals surface area contributed by atoms with E-state index in [4.69, 9.17) is 11.3 Å². The highest BCUT2D eigenvalue weighted by atomic mass is 16.3. The molecule has 1 nitrogen and oxygen atoms in total. The molecule has 0 aliphatic heterocycles. The monoisotopic (exact) mass is 677 g/mol. The summed E-state index contributed by atoms with van der Waals surface area (Å²) in [5, 5.41) is 10.2. The third-order valence-electron chi connectivity index (χ3n) is 10.7. The minimum atomic E-state index is -0.408. The van der Waals surface area contributed by atoms with Crippen LogP contribution >= 0.6 is 0 Å². The molecule has 0 amide bonds. The Hall–Kier alpha value is -6.96. The van der Waals surface area contributed by atoms with Crippen LogP contribution in [0.5, 0.6) is 0 Å². The lowest BCUT2D eigenvalue weighted by Gasteiger charge is -2.17. The van der Waals surface area contributed by atoms with Gasteiger partial charge in [0.1, 0.15) is 11.2 Å². The summed E-state index contributed by atoms with van der Waals surface area (Å²) in [5.74, 6) is 0. The summed E-state index contributed by atoms with van der Waals surface area (Å²) in [5.41, 5.74) is 8.92. The SMILES string of the molecule is [2H]c1c([2H])c([2H])c(-c2c3ccccc3c(-c3cccc4c3oc3ccc(-c5c6ccccc6c(-c6ccccc6)c6ccccc56)cc34)c3ccccc23)c([2H])c1[2H]. The van der Waals surface area contributed by atoms with E-state index in [1.54, 1.807) is 0 Å². The van der Waals surface area contributed by atoms with E-state index in [-0.39, 0.29) is 29.7 Å². The highest BCUT2D eigenvalue weighted by Gasteiger charge is 2.21. The number of rotatable bonds is 4. The predicted octanol–water partition coefficient (Wildman–Crippen LogP) is 14.9. The smallest absolute Gasteiger partial charge is 0.143 e. The Morgan fingerprint density at radius 1 is 0.321 bits per heavy atom. The standard InChI is InChI=1S/C52H32O/c1-3-16-33(17-4-1)48-36-20-7-9-22-38(36)50(39-23-10-8-21-37(39)48)35-30-31-47-46(32-35)44-28-15-29-45(52(44)53-47)51-42-26-13-11-24-40(42)49(34-18-5-2-6-19-34)41-25-12-14-27-43(41)51/h1-32H/i2D,5D,6D,18D,19D. The molecule has 11 rings (SSSR count). The molecule has 53 heavy (non-hydrogen) atoms. The maximum absolute atomic E-state index is 8.94. The third-order valence-corrected chi connectivity index (χ3v) is 10.7. The van der Waals surface area contributed by atoms with Crippen LogP contribution in [0.3, 0.4) is 0 Å². The zero-order chi connectivity index (χ0) is 39.2. The van der Waals surface area contributed by atoms with E-state index < -0.39 is 6.04 Å². The van der Waals surface area contributed by atoms with Crippen LogP contribution in [0.1, 0.15) is 6.85 Å². The molecule has 0 saturated carbocycles. The van der Waals surface area contributed by atoms with Gasteiger partial charge in [0.15, 0.2) is 0 Å². The van der Waals surface area contributed by atoms with Crippen molar-refractivity contribution in [3.05, 3.63) is 194 Å². The van der Waals surface area contributed by atoms with E-state index >= 15 is 0 Å². The number of furan rings is 1. The zero-order valence-electron chi connectivity index (χ0n) is 33.5. The molecule has 11 aromatic rings. The van der Waals surface area contributed by atoms with Gasteiger partial charge in [-0.1, -0.05) is 182 Å². The molecule has 0 unspecified atom stereocenters. The lowest BCUT2D eigenvalue weighted by molar-refractivity contribution is 0.670. The van der Waals surface area contributed by atoms with Crippen LogP contribution in [-0.2, 0) is 0 Å². The predicted molar refractivity (Wildman–Crippen MR) is 225 cm³/mol. The Bertz CT molecular complexity index is 3370. The Kier molecular flexibility index (Phi) is 5.58. The first kappa shape index (κ1) is 25.1. The van der Waals surface area contributed by atoms with Crippen molar-refractivity contribution in [2.45, 2.75) is 0 Å². The summed E-state index contributed by atoms with van der Waals surface area (Å²) >= 11 is 0. The Morgan fingerprint density at radius 3 is 1.32 bits per heavy atom. The van der Waals surface area contributed by atoms with Gasteiger partial charge in [-0.05, 0) is 88.6 Å². The molecule has 0 spiro atoms. The van der Waals surface area contributed by atoms with Gasteiger partial charge >= 0.3 is 0 Å². The number of fused-ring (bicyclic) bond motifs is 7. The zero-order valence-corrected chi connectivity index (χ0v) is 28.5. The normalized spacial score (nSPS) is 13.1. The first-order chi connectivity index (χ1) is 28.4. The lowest BCUT2D eigenvalue weighted by Crippen LogP contribution is -1.91. The number of hydrogen-bond acceptors (Lipinski definition) is 1. The summed E-state index contributed by atoms with van der Waals surface area (Å²) in [6.07, 6.45) is 0. The van der Waals surface area contributed by atoms with Crippen molar-refractivity contribution in [2.24, 2.45) is 0 Å². The van der Waals surface area contributed by atoms with E-state index in [0.717, 1.165) is 60.2 Å². The quantitative estimate of drug-likeness (QED) is 0.169. The minimum absolute atomic E-state index is 0.191. The maximum atomic E-state index is 8.94. The van der Waals surface area contributed by atoms with Crippen LogP contribution in [-0.4, -0.2) is 0 Å².